The molecular weight excluding hydrogens is 388 g/mol. The van der Waals surface area contributed by atoms with Crippen molar-refractivity contribution in [2.75, 3.05) is 23.9 Å². The Kier molecular flexibility index (Phi) is 5.35. The van der Waals surface area contributed by atoms with Crippen molar-refractivity contribution in [2.45, 2.75) is 18.9 Å². The van der Waals surface area contributed by atoms with Gasteiger partial charge in [0.25, 0.3) is 0 Å². The Bertz CT molecular complexity index is 1080. The number of nitrogens with zero attached hydrogens (tertiary/aromatic N) is 5. The Labute approximate surface area is 171 Å². The quantitative estimate of drug-likeness (QED) is 0.618. The Morgan fingerprint density at radius 2 is 2.24 bits per heavy atom. The van der Waals surface area contributed by atoms with Crippen LogP contribution >= 0.6 is 11.3 Å². The zero-order valence-corrected chi connectivity index (χ0v) is 16.5. The summed E-state index contributed by atoms with van der Waals surface area (Å²) in [5, 5.41) is 12.6. The number of methoxy groups -OCH3 is 1. The molecule has 0 saturated carbocycles. The fraction of sp³-hybridized carbons (Fsp3) is 0.250. The molecule has 0 aliphatic carbocycles. The van der Waals surface area contributed by atoms with Gasteiger partial charge in [-0.15, -0.1) is 0 Å². The molecule has 146 valence electrons. The van der Waals surface area contributed by atoms with Crippen molar-refractivity contribution >= 4 is 34.4 Å². The number of benzene rings is 1. The van der Waals surface area contributed by atoms with E-state index in [2.05, 4.69) is 31.2 Å². The molecule has 0 radical (unpaired) electrons. The largest absolute Gasteiger partial charge is 0.497 e. The number of carbonyl (C=O) groups is 1. The van der Waals surface area contributed by atoms with E-state index < -0.39 is 0 Å². The highest BCUT2D eigenvalue weighted by Crippen LogP contribution is 2.37. The van der Waals surface area contributed by atoms with E-state index in [1.807, 2.05) is 12.1 Å². The zero-order valence-electron chi connectivity index (χ0n) is 15.7. The van der Waals surface area contributed by atoms with Crippen LogP contribution in [0, 0.1) is 11.3 Å². The Balaban J connectivity index is 1.61. The zero-order chi connectivity index (χ0) is 20.2. The van der Waals surface area contributed by atoms with Gasteiger partial charge in [0.15, 0.2) is 10.9 Å². The summed E-state index contributed by atoms with van der Waals surface area (Å²) in [6.45, 7) is 0.840. The number of hydrogen-bond donors (Lipinski definition) is 1. The van der Waals surface area contributed by atoms with E-state index >= 15 is 0 Å². The van der Waals surface area contributed by atoms with Crippen LogP contribution in [-0.2, 0) is 0 Å². The SMILES string of the molecule is COc1cc(C=O)cc(C2CCCN2c2cncc(Nc3ncc(C#N)s3)n2)c1. The van der Waals surface area contributed by atoms with Crippen LogP contribution in [0.25, 0.3) is 0 Å². The number of nitrogens with one attached hydrogen (secondary N) is 1. The Morgan fingerprint density at radius 1 is 1.34 bits per heavy atom. The van der Waals surface area contributed by atoms with Crippen molar-refractivity contribution in [1.29, 1.82) is 5.26 Å². The van der Waals surface area contributed by atoms with Crippen molar-refractivity contribution in [3.63, 3.8) is 0 Å². The number of aromatic nitrogens is 3. The van der Waals surface area contributed by atoms with Gasteiger partial charge in [-0.25, -0.2) is 9.97 Å². The van der Waals surface area contributed by atoms with Crippen molar-refractivity contribution in [1.82, 2.24) is 15.0 Å². The van der Waals surface area contributed by atoms with Gasteiger partial charge in [0.1, 0.15) is 28.8 Å². The van der Waals surface area contributed by atoms with Crippen molar-refractivity contribution in [3.05, 3.63) is 52.8 Å². The van der Waals surface area contributed by atoms with Crippen LogP contribution in [0.4, 0.5) is 16.8 Å². The van der Waals surface area contributed by atoms with Crippen molar-refractivity contribution < 1.29 is 9.53 Å². The number of hydrogen-bond acceptors (Lipinski definition) is 9. The first-order valence-corrected chi connectivity index (χ1v) is 9.87. The summed E-state index contributed by atoms with van der Waals surface area (Å²) in [5.41, 5.74) is 1.60. The molecular formula is C20H18N6O2S. The fourth-order valence-corrected chi connectivity index (χ4v) is 4.08. The summed E-state index contributed by atoms with van der Waals surface area (Å²) >= 11 is 1.26. The third kappa shape index (κ3) is 4.02. The summed E-state index contributed by atoms with van der Waals surface area (Å²) < 4.78 is 5.35. The molecule has 8 nitrogen and oxygen atoms in total. The van der Waals surface area contributed by atoms with E-state index in [1.165, 1.54) is 17.5 Å². The fourth-order valence-electron chi connectivity index (χ4n) is 3.46. The first-order chi connectivity index (χ1) is 14.2. The Morgan fingerprint density at radius 3 is 3.00 bits per heavy atom. The van der Waals surface area contributed by atoms with Gasteiger partial charge in [0.05, 0.1) is 31.7 Å². The minimum Gasteiger partial charge on any atom is -0.497 e. The van der Waals surface area contributed by atoms with Crippen LogP contribution in [0.3, 0.4) is 0 Å². The predicted molar refractivity (Wildman–Crippen MR) is 110 cm³/mol. The Hall–Kier alpha value is -3.51. The van der Waals surface area contributed by atoms with Crippen molar-refractivity contribution in [2.24, 2.45) is 0 Å². The summed E-state index contributed by atoms with van der Waals surface area (Å²) in [7, 11) is 1.59. The lowest BCUT2D eigenvalue weighted by atomic mass is 10.0. The number of anilines is 3. The van der Waals surface area contributed by atoms with Gasteiger partial charge in [-0.1, -0.05) is 11.3 Å². The van der Waals surface area contributed by atoms with E-state index in [0.29, 0.717) is 27.1 Å². The molecule has 29 heavy (non-hydrogen) atoms. The number of nitriles is 1. The molecule has 4 rings (SSSR count). The van der Waals surface area contributed by atoms with E-state index in [9.17, 15) is 4.79 Å². The molecule has 0 spiro atoms. The molecule has 3 heterocycles. The summed E-state index contributed by atoms with van der Waals surface area (Å²) in [4.78, 5) is 27.2. The summed E-state index contributed by atoms with van der Waals surface area (Å²) in [6, 6.07) is 7.73. The molecule has 1 atom stereocenters. The molecule has 1 unspecified atom stereocenters. The van der Waals surface area contributed by atoms with Gasteiger partial charge >= 0.3 is 0 Å². The molecule has 0 amide bonds. The number of carbonyl (C=O) groups excluding carboxylic acids is 1. The molecule has 2 aromatic heterocycles. The third-order valence-electron chi connectivity index (χ3n) is 4.73. The average Bonchev–Trinajstić information content (AvgIpc) is 3.43. The average molecular weight is 406 g/mol. The lowest BCUT2D eigenvalue weighted by molar-refractivity contribution is 0.112. The monoisotopic (exact) mass is 406 g/mol. The van der Waals surface area contributed by atoms with Gasteiger partial charge in [0, 0.05) is 12.1 Å². The second kappa shape index (κ2) is 8.24. The van der Waals surface area contributed by atoms with Crippen LogP contribution in [-0.4, -0.2) is 34.9 Å². The first kappa shape index (κ1) is 18.8. The highest BCUT2D eigenvalue weighted by molar-refractivity contribution is 7.16. The van der Waals surface area contributed by atoms with Crippen LogP contribution in [0.1, 0.15) is 39.7 Å². The predicted octanol–water partition coefficient (Wildman–Crippen LogP) is 3.71. The minimum atomic E-state index is 0.0819. The smallest absolute Gasteiger partial charge is 0.189 e. The maximum atomic E-state index is 11.3. The van der Waals surface area contributed by atoms with Gasteiger partial charge < -0.3 is 15.0 Å². The molecule has 9 heteroatoms. The molecule has 1 saturated heterocycles. The normalized spacial score (nSPS) is 15.7. The molecule has 0 bridgehead atoms. The number of ether oxygens (including phenoxy) is 1. The molecule has 1 aliphatic heterocycles. The van der Waals surface area contributed by atoms with Crippen LogP contribution in [0.5, 0.6) is 5.75 Å². The van der Waals surface area contributed by atoms with Gasteiger partial charge in [-0.3, -0.25) is 9.78 Å². The maximum absolute atomic E-state index is 11.3. The van der Waals surface area contributed by atoms with Gasteiger partial charge in [-0.05, 0) is 36.6 Å². The van der Waals surface area contributed by atoms with Gasteiger partial charge in [0.2, 0.25) is 0 Å². The number of thiazole rings is 1. The molecule has 1 aromatic carbocycles. The second-order valence-electron chi connectivity index (χ2n) is 6.54. The van der Waals surface area contributed by atoms with E-state index in [4.69, 9.17) is 10.00 Å². The standard InChI is InChI=1S/C20H18N6O2S/c1-28-15-6-13(12-27)5-14(7-15)17-3-2-4-26(17)19-11-22-10-18(24-19)25-20-23-9-16(8-21)29-20/h5-7,9-12,17H,2-4H2,1H3,(H,23,24,25). The summed E-state index contributed by atoms with van der Waals surface area (Å²) in [6.07, 6.45) is 7.66. The second-order valence-corrected chi connectivity index (χ2v) is 7.57. The molecule has 1 N–H and O–H groups in total. The van der Waals surface area contributed by atoms with Crippen molar-refractivity contribution in [3.8, 4) is 11.8 Å². The first-order valence-electron chi connectivity index (χ1n) is 9.06. The van der Waals surface area contributed by atoms with Crippen LogP contribution in [0.15, 0.2) is 36.8 Å². The van der Waals surface area contributed by atoms with E-state index in [0.717, 1.165) is 37.1 Å². The van der Waals surface area contributed by atoms with Crippen LogP contribution < -0.4 is 15.0 Å². The third-order valence-corrected chi connectivity index (χ3v) is 5.54. The minimum absolute atomic E-state index is 0.0819. The molecule has 1 aliphatic rings. The molecule has 1 fully saturated rings. The van der Waals surface area contributed by atoms with Gasteiger partial charge in [-0.2, -0.15) is 5.26 Å². The lowest BCUT2D eigenvalue weighted by Crippen LogP contribution is -2.24. The summed E-state index contributed by atoms with van der Waals surface area (Å²) in [5.74, 6) is 1.96. The van der Waals surface area contributed by atoms with Crippen LogP contribution in [0.2, 0.25) is 0 Å². The maximum Gasteiger partial charge on any atom is 0.189 e. The van der Waals surface area contributed by atoms with E-state index in [-0.39, 0.29) is 6.04 Å². The lowest BCUT2D eigenvalue weighted by Gasteiger charge is -2.26. The number of aldehydes is 1. The highest BCUT2D eigenvalue weighted by atomic mass is 32.1. The molecule has 3 aromatic rings. The van der Waals surface area contributed by atoms with E-state index in [1.54, 1.807) is 25.6 Å². The topological polar surface area (TPSA) is 104 Å². The number of rotatable bonds is 6. The highest BCUT2D eigenvalue weighted by Gasteiger charge is 2.28.